The van der Waals surface area contributed by atoms with E-state index in [9.17, 15) is 13.2 Å². The van der Waals surface area contributed by atoms with Gasteiger partial charge in [0.15, 0.2) is 15.5 Å². The molecular formula is C19H22N4O3S. The normalized spacial score (nSPS) is 11.7. The average Bonchev–Trinajstić information content (AvgIpc) is 2.94. The lowest BCUT2D eigenvalue weighted by Gasteiger charge is -2.12. The van der Waals surface area contributed by atoms with Crippen molar-refractivity contribution in [3.8, 4) is 0 Å². The van der Waals surface area contributed by atoms with Gasteiger partial charge in [0.05, 0.1) is 16.3 Å². The first-order chi connectivity index (χ1) is 12.7. The Morgan fingerprint density at radius 2 is 1.89 bits per heavy atom. The number of amides is 1. The first kappa shape index (κ1) is 19.0. The van der Waals surface area contributed by atoms with Crippen molar-refractivity contribution >= 4 is 27.1 Å². The number of aromatic nitrogens is 3. The molecule has 0 aliphatic rings. The van der Waals surface area contributed by atoms with E-state index in [1.807, 2.05) is 26.8 Å². The zero-order valence-corrected chi connectivity index (χ0v) is 16.6. The molecule has 0 radical (unpaired) electrons. The van der Waals surface area contributed by atoms with Gasteiger partial charge < -0.3 is 5.32 Å². The largest absolute Gasteiger partial charge is 0.325 e. The molecule has 3 rings (SSSR count). The number of benzene rings is 1. The molecule has 0 fully saturated rings. The fraction of sp³-hybridized carbons (Fsp3) is 0.316. The molecule has 0 saturated heterocycles. The molecule has 0 unspecified atom stereocenters. The van der Waals surface area contributed by atoms with Crippen molar-refractivity contribution in [1.29, 1.82) is 0 Å². The molecule has 1 N–H and O–H groups in total. The van der Waals surface area contributed by atoms with Crippen molar-refractivity contribution in [1.82, 2.24) is 14.6 Å². The SMILES string of the molecule is Cc1cc2nc(C)c(CCC(=O)Nc3ccccc3S(C)(=O)=O)c(C)n2n1. The van der Waals surface area contributed by atoms with Gasteiger partial charge in [0, 0.05) is 30.1 Å². The number of nitrogens with one attached hydrogen (secondary N) is 1. The van der Waals surface area contributed by atoms with E-state index in [4.69, 9.17) is 0 Å². The number of carbonyl (C=O) groups excluding carboxylic acids is 1. The van der Waals surface area contributed by atoms with Crippen LogP contribution in [0.25, 0.3) is 5.65 Å². The highest BCUT2D eigenvalue weighted by molar-refractivity contribution is 7.90. The van der Waals surface area contributed by atoms with Crippen LogP contribution in [0.15, 0.2) is 35.2 Å². The Morgan fingerprint density at radius 3 is 2.59 bits per heavy atom. The molecule has 0 saturated carbocycles. The summed E-state index contributed by atoms with van der Waals surface area (Å²) in [5.74, 6) is -0.248. The summed E-state index contributed by atoms with van der Waals surface area (Å²) in [5.41, 5.74) is 4.76. The van der Waals surface area contributed by atoms with Gasteiger partial charge in [-0.2, -0.15) is 5.10 Å². The summed E-state index contributed by atoms with van der Waals surface area (Å²) in [6.45, 7) is 5.79. The number of hydrogen-bond donors (Lipinski definition) is 1. The third kappa shape index (κ3) is 4.00. The lowest BCUT2D eigenvalue weighted by molar-refractivity contribution is -0.116. The molecule has 1 aromatic carbocycles. The number of anilines is 1. The van der Waals surface area contributed by atoms with Crippen LogP contribution in [0.2, 0.25) is 0 Å². The van der Waals surface area contributed by atoms with Crippen molar-refractivity contribution in [2.75, 3.05) is 11.6 Å². The van der Waals surface area contributed by atoms with Crippen LogP contribution in [0, 0.1) is 20.8 Å². The molecule has 2 aromatic heterocycles. The van der Waals surface area contributed by atoms with Gasteiger partial charge in [0.1, 0.15) is 0 Å². The van der Waals surface area contributed by atoms with Gasteiger partial charge in [-0.25, -0.2) is 17.9 Å². The Hall–Kier alpha value is -2.74. The highest BCUT2D eigenvalue weighted by Gasteiger charge is 2.16. The maximum absolute atomic E-state index is 12.4. The number of para-hydroxylation sites is 1. The van der Waals surface area contributed by atoms with Crippen LogP contribution in [0.5, 0.6) is 0 Å². The zero-order valence-electron chi connectivity index (χ0n) is 15.8. The molecule has 7 nitrogen and oxygen atoms in total. The van der Waals surface area contributed by atoms with E-state index in [0.717, 1.165) is 34.5 Å². The standard InChI is InChI=1S/C19H22N4O3S/c1-12-11-18-20-13(2)15(14(3)23(18)22-12)9-10-19(24)21-16-7-5-6-8-17(16)27(4,25)26/h5-8,11H,9-10H2,1-4H3,(H,21,24). The van der Waals surface area contributed by atoms with E-state index in [-0.39, 0.29) is 17.2 Å². The van der Waals surface area contributed by atoms with Gasteiger partial charge >= 0.3 is 0 Å². The molecule has 0 spiro atoms. The molecule has 3 aromatic rings. The number of rotatable bonds is 5. The fourth-order valence-electron chi connectivity index (χ4n) is 3.15. The highest BCUT2D eigenvalue weighted by atomic mass is 32.2. The second-order valence-electron chi connectivity index (χ2n) is 6.63. The third-order valence-electron chi connectivity index (χ3n) is 4.45. The van der Waals surface area contributed by atoms with Crippen LogP contribution in [0.4, 0.5) is 5.69 Å². The lowest BCUT2D eigenvalue weighted by Crippen LogP contribution is -2.16. The van der Waals surface area contributed by atoms with Gasteiger partial charge in [-0.05, 0) is 44.9 Å². The van der Waals surface area contributed by atoms with E-state index in [2.05, 4.69) is 15.4 Å². The number of sulfone groups is 1. The predicted octanol–water partition coefficient (Wildman–Crippen LogP) is 2.63. The molecule has 0 aliphatic carbocycles. The zero-order chi connectivity index (χ0) is 19.8. The summed E-state index contributed by atoms with van der Waals surface area (Å²) in [6.07, 6.45) is 1.83. The Labute approximate surface area is 158 Å². The Bertz CT molecular complexity index is 1130. The molecule has 2 heterocycles. The quantitative estimate of drug-likeness (QED) is 0.727. The molecule has 0 bridgehead atoms. The Balaban J connectivity index is 1.78. The smallest absolute Gasteiger partial charge is 0.224 e. The Morgan fingerprint density at radius 1 is 1.19 bits per heavy atom. The summed E-state index contributed by atoms with van der Waals surface area (Å²) in [7, 11) is -3.42. The molecular weight excluding hydrogens is 364 g/mol. The van der Waals surface area contributed by atoms with E-state index < -0.39 is 9.84 Å². The van der Waals surface area contributed by atoms with Crippen molar-refractivity contribution in [2.24, 2.45) is 0 Å². The number of fused-ring (bicyclic) bond motifs is 1. The van der Waals surface area contributed by atoms with E-state index in [0.29, 0.717) is 12.1 Å². The van der Waals surface area contributed by atoms with Gasteiger partial charge in [-0.1, -0.05) is 12.1 Å². The molecule has 142 valence electrons. The van der Waals surface area contributed by atoms with E-state index in [1.165, 1.54) is 6.07 Å². The van der Waals surface area contributed by atoms with Gasteiger partial charge in [-0.3, -0.25) is 4.79 Å². The third-order valence-corrected chi connectivity index (χ3v) is 5.60. The molecule has 0 atom stereocenters. The van der Waals surface area contributed by atoms with Crippen LogP contribution in [-0.4, -0.2) is 35.2 Å². The summed E-state index contributed by atoms with van der Waals surface area (Å²) in [5, 5.41) is 7.14. The van der Waals surface area contributed by atoms with Crippen LogP contribution < -0.4 is 5.32 Å². The lowest BCUT2D eigenvalue weighted by atomic mass is 10.1. The summed E-state index contributed by atoms with van der Waals surface area (Å²) in [6, 6.07) is 8.31. The van der Waals surface area contributed by atoms with Crippen molar-refractivity contribution < 1.29 is 13.2 Å². The van der Waals surface area contributed by atoms with Crippen LogP contribution in [-0.2, 0) is 21.1 Å². The van der Waals surface area contributed by atoms with Crippen LogP contribution in [0.3, 0.4) is 0 Å². The maximum Gasteiger partial charge on any atom is 0.224 e. The van der Waals surface area contributed by atoms with Crippen molar-refractivity contribution in [2.45, 2.75) is 38.5 Å². The number of aryl methyl sites for hydroxylation is 3. The van der Waals surface area contributed by atoms with E-state index >= 15 is 0 Å². The minimum absolute atomic E-state index is 0.112. The monoisotopic (exact) mass is 386 g/mol. The van der Waals surface area contributed by atoms with Crippen LogP contribution >= 0.6 is 0 Å². The second-order valence-corrected chi connectivity index (χ2v) is 8.62. The first-order valence-electron chi connectivity index (χ1n) is 8.58. The topological polar surface area (TPSA) is 93.4 Å². The second kappa shape index (κ2) is 7.11. The average molecular weight is 386 g/mol. The predicted molar refractivity (Wildman–Crippen MR) is 104 cm³/mol. The Kier molecular flexibility index (Phi) is 5.01. The molecule has 0 aliphatic heterocycles. The molecule has 1 amide bonds. The van der Waals surface area contributed by atoms with Crippen LogP contribution in [0.1, 0.15) is 29.1 Å². The van der Waals surface area contributed by atoms with Crippen molar-refractivity contribution in [3.05, 3.63) is 53.0 Å². The van der Waals surface area contributed by atoms with Gasteiger partial charge in [0.25, 0.3) is 0 Å². The minimum Gasteiger partial charge on any atom is -0.325 e. The first-order valence-corrected chi connectivity index (χ1v) is 10.5. The van der Waals surface area contributed by atoms with Crippen molar-refractivity contribution in [3.63, 3.8) is 0 Å². The molecule has 27 heavy (non-hydrogen) atoms. The summed E-state index contributed by atoms with van der Waals surface area (Å²) in [4.78, 5) is 17.1. The van der Waals surface area contributed by atoms with E-state index in [1.54, 1.807) is 22.7 Å². The van der Waals surface area contributed by atoms with Gasteiger partial charge in [-0.15, -0.1) is 0 Å². The summed E-state index contributed by atoms with van der Waals surface area (Å²) >= 11 is 0. The highest BCUT2D eigenvalue weighted by Crippen LogP contribution is 2.21. The molecule has 8 heteroatoms. The number of nitrogens with zero attached hydrogens (tertiary/aromatic N) is 3. The van der Waals surface area contributed by atoms with Gasteiger partial charge in [0.2, 0.25) is 5.91 Å². The summed E-state index contributed by atoms with van der Waals surface area (Å²) < 4.78 is 25.5. The maximum atomic E-state index is 12.4. The fourth-order valence-corrected chi connectivity index (χ4v) is 3.99. The number of carbonyl (C=O) groups is 1. The number of hydrogen-bond acceptors (Lipinski definition) is 5. The minimum atomic E-state index is -3.42.